The van der Waals surface area contributed by atoms with E-state index in [1.165, 1.54) is 11.1 Å². The zero-order valence-corrected chi connectivity index (χ0v) is 15.5. The SMILES string of the molecule is Cc1ccccc1CSCC(=O)Nc1ccccc1Oc1ccccc1. The van der Waals surface area contributed by atoms with Crippen molar-refractivity contribution in [2.24, 2.45) is 0 Å². The van der Waals surface area contributed by atoms with Crippen molar-refractivity contribution in [2.75, 3.05) is 11.1 Å². The molecule has 3 aromatic rings. The van der Waals surface area contributed by atoms with Crippen LogP contribution < -0.4 is 10.1 Å². The lowest BCUT2D eigenvalue weighted by molar-refractivity contribution is -0.113. The summed E-state index contributed by atoms with van der Waals surface area (Å²) in [4.78, 5) is 12.3. The highest BCUT2D eigenvalue weighted by molar-refractivity contribution is 7.99. The summed E-state index contributed by atoms with van der Waals surface area (Å²) >= 11 is 1.60. The maximum absolute atomic E-state index is 12.3. The van der Waals surface area contributed by atoms with Gasteiger partial charge in [0.2, 0.25) is 5.91 Å². The topological polar surface area (TPSA) is 38.3 Å². The minimum Gasteiger partial charge on any atom is -0.455 e. The predicted octanol–water partition coefficient (Wildman–Crippen LogP) is 5.66. The third-order valence-corrected chi connectivity index (χ3v) is 4.87. The van der Waals surface area contributed by atoms with Crippen LogP contribution in [0.4, 0.5) is 5.69 Å². The first-order valence-electron chi connectivity index (χ1n) is 8.46. The first-order chi connectivity index (χ1) is 12.7. The fourth-order valence-corrected chi connectivity index (χ4v) is 3.39. The monoisotopic (exact) mass is 363 g/mol. The molecule has 26 heavy (non-hydrogen) atoms. The van der Waals surface area contributed by atoms with Gasteiger partial charge in [-0.2, -0.15) is 0 Å². The van der Waals surface area contributed by atoms with Crippen LogP contribution in [0.25, 0.3) is 0 Å². The molecule has 3 aromatic carbocycles. The maximum Gasteiger partial charge on any atom is 0.234 e. The van der Waals surface area contributed by atoms with E-state index in [2.05, 4.69) is 24.4 Å². The molecule has 132 valence electrons. The third-order valence-electron chi connectivity index (χ3n) is 3.88. The van der Waals surface area contributed by atoms with Gasteiger partial charge in [0.25, 0.3) is 0 Å². The molecule has 0 aliphatic rings. The quantitative estimate of drug-likeness (QED) is 0.589. The van der Waals surface area contributed by atoms with E-state index in [-0.39, 0.29) is 5.91 Å². The van der Waals surface area contributed by atoms with E-state index in [0.717, 1.165) is 11.5 Å². The van der Waals surface area contributed by atoms with E-state index in [1.54, 1.807) is 11.8 Å². The molecule has 4 heteroatoms. The van der Waals surface area contributed by atoms with E-state index in [1.807, 2.05) is 66.7 Å². The second-order valence-electron chi connectivity index (χ2n) is 5.88. The number of aryl methyl sites for hydroxylation is 1. The lowest BCUT2D eigenvalue weighted by atomic mass is 10.1. The van der Waals surface area contributed by atoms with Gasteiger partial charge in [-0.1, -0.05) is 54.6 Å². The van der Waals surface area contributed by atoms with E-state index in [0.29, 0.717) is 17.2 Å². The largest absolute Gasteiger partial charge is 0.455 e. The molecular formula is C22H21NO2S. The number of nitrogens with one attached hydrogen (secondary N) is 1. The Kier molecular flexibility index (Phi) is 6.34. The number of thioether (sulfide) groups is 1. The summed E-state index contributed by atoms with van der Waals surface area (Å²) in [5.41, 5.74) is 3.19. The summed E-state index contributed by atoms with van der Waals surface area (Å²) < 4.78 is 5.88. The number of carbonyl (C=O) groups excluding carboxylic acids is 1. The Morgan fingerprint density at radius 1 is 0.923 bits per heavy atom. The third kappa shape index (κ3) is 5.14. The minimum atomic E-state index is -0.0345. The number of rotatable bonds is 7. The second-order valence-corrected chi connectivity index (χ2v) is 6.86. The lowest BCUT2D eigenvalue weighted by Gasteiger charge is -2.12. The van der Waals surface area contributed by atoms with E-state index >= 15 is 0 Å². The van der Waals surface area contributed by atoms with Crippen LogP contribution >= 0.6 is 11.8 Å². The van der Waals surface area contributed by atoms with Gasteiger partial charge in [-0.05, 0) is 42.3 Å². The Bertz CT molecular complexity index is 865. The van der Waals surface area contributed by atoms with Gasteiger partial charge in [-0.3, -0.25) is 4.79 Å². The predicted molar refractivity (Wildman–Crippen MR) is 109 cm³/mol. The molecular weight excluding hydrogens is 342 g/mol. The summed E-state index contributed by atoms with van der Waals surface area (Å²) in [6, 6.07) is 25.3. The molecule has 3 nitrogen and oxygen atoms in total. The van der Waals surface area contributed by atoms with E-state index < -0.39 is 0 Å². The molecule has 0 heterocycles. The Morgan fingerprint density at radius 3 is 2.42 bits per heavy atom. The number of amides is 1. The molecule has 0 aromatic heterocycles. The van der Waals surface area contributed by atoms with Crippen molar-refractivity contribution in [3.8, 4) is 11.5 Å². The average molecular weight is 363 g/mol. The molecule has 0 unspecified atom stereocenters. The summed E-state index contributed by atoms with van der Waals surface area (Å²) in [6.45, 7) is 2.09. The van der Waals surface area contributed by atoms with Crippen LogP contribution in [0.15, 0.2) is 78.9 Å². The molecule has 0 aliphatic heterocycles. The Hall–Kier alpha value is -2.72. The molecule has 0 saturated carbocycles. The van der Waals surface area contributed by atoms with Gasteiger partial charge in [0.1, 0.15) is 5.75 Å². The van der Waals surface area contributed by atoms with Crippen molar-refractivity contribution in [2.45, 2.75) is 12.7 Å². The maximum atomic E-state index is 12.3. The smallest absolute Gasteiger partial charge is 0.234 e. The summed E-state index contributed by atoms with van der Waals surface area (Å²) in [7, 11) is 0. The van der Waals surface area contributed by atoms with Crippen LogP contribution in [-0.2, 0) is 10.5 Å². The zero-order valence-electron chi connectivity index (χ0n) is 14.6. The van der Waals surface area contributed by atoms with Gasteiger partial charge in [0.05, 0.1) is 11.4 Å². The molecule has 0 atom stereocenters. The second kappa shape index (κ2) is 9.11. The fourth-order valence-electron chi connectivity index (χ4n) is 2.49. The molecule has 0 radical (unpaired) electrons. The number of hydrogen-bond acceptors (Lipinski definition) is 3. The number of benzene rings is 3. The van der Waals surface area contributed by atoms with Crippen LogP contribution in [0, 0.1) is 6.92 Å². The standard InChI is InChI=1S/C22H21NO2S/c1-17-9-5-6-10-18(17)15-26-16-22(24)23-20-13-7-8-14-21(20)25-19-11-3-2-4-12-19/h2-14H,15-16H2,1H3,(H,23,24). The van der Waals surface area contributed by atoms with Gasteiger partial charge < -0.3 is 10.1 Å². The highest BCUT2D eigenvalue weighted by atomic mass is 32.2. The minimum absolute atomic E-state index is 0.0345. The van der Waals surface area contributed by atoms with Crippen LogP contribution in [0.1, 0.15) is 11.1 Å². The Balaban J connectivity index is 1.57. The van der Waals surface area contributed by atoms with Gasteiger partial charge in [0, 0.05) is 5.75 Å². The van der Waals surface area contributed by atoms with Gasteiger partial charge in [-0.25, -0.2) is 0 Å². The Labute approximate surface area is 158 Å². The van der Waals surface area contributed by atoms with Crippen molar-refractivity contribution in [1.82, 2.24) is 0 Å². The highest BCUT2D eigenvalue weighted by Crippen LogP contribution is 2.29. The molecule has 0 fully saturated rings. The number of hydrogen-bond donors (Lipinski definition) is 1. The average Bonchev–Trinajstić information content (AvgIpc) is 2.66. The summed E-state index contributed by atoms with van der Waals surface area (Å²) in [5.74, 6) is 2.56. The number of para-hydroxylation sites is 3. The van der Waals surface area contributed by atoms with Crippen LogP contribution in [0.5, 0.6) is 11.5 Å². The summed E-state index contributed by atoms with van der Waals surface area (Å²) in [6.07, 6.45) is 0. The van der Waals surface area contributed by atoms with Gasteiger partial charge in [0.15, 0.2) is 5.75 Å². The number of ether oxygens (including phenoxy) is 1. The van der Waals surface area contributed by atoms with Crippen LogP contribution in [0.2, 0.25) is 0 Å². The molecule has 0 aliphatic carbocycles. The van der Waals surface area contributed by atoms with Crippen molar-refractivity contribution in [3.63, 3.8) is 0 Å². The van der Waals surface area contributed by atoms with Crippen molar-refractivity contribution >= 4 is 23.4 Å². The summed E-state index contributed by atoms with van der Waals surface area (Å²) in [5, 5.41) is 2.95. The van der Waals surface area contributed by atoms with Gasteiger partial charge >= 0.3 is 0 Å². The van der Waals surface area contributed by atoms with Crippen molar-refractivity contribution in [1.29, 1.82) is 0 Å². The molecule has 3 rings (SSSR count). The Morgan fingerprint density at radius 2 is 1.62 bits per heavy atom. The highest BCUT2D eigenvalue weighted by Gasteiger charge is 2.09. The normalized spacial score (nSPS) is 10.3. The molecule has 1 N–H and O–H groups in total. The van der Waals surface area contributed by atoms with E-state index in [9.17, 15) is 4.79 Å². The zero-order chi connectivity index (χ0) is 18.2. The molecule has 0 spiro atoms. The van der Waals surface area contributed by atoms with Crippen molar-refractivity contribution < 1.29 is 9.53 Å². The van der Waals surface area contributed by atoms with Crippen LogP contribution in [0.3, 0.4) is 0 Å². The fraction of sp³-hybridized carbons (Fsp3) is 0.136. The number of carbonyl (C=O) groups is 1. The van der Waals surface area contributed by atoms with Crippen LogP contribution in [-0.4, -0.2) is 11.7 Å². The van der Waals surface area contributed by atoms with Gasteiger partial charge in [-0.15, -0.1) is 11.8 Å². The molecule has 0 saturated heterocycles. The first kappa shape index (κ1) is 18.1. The van der Waals surface area contributed by atoms with Crippen molar-refractivity contribution in [3.05, 3.63) is 90.0 Å². The lowest BCUT2D eigenvalue weighted by Crippen LogP contribution is -2.14. The van der Waals surface area contributed by atoms with E-state index in [4.69, 9.17) is 4.74 Å². The first-order valence-corrected chi connectivity index (χ1v) is 9.62. The molecule has 1 amide bonds. The number of anilines is 1. The molecule has 0 bridgehead atoms.